The van der Waals surface area contributed by atoms with Gasteiger partial charge in [0.05, 0.1) is 13.2 Å². The summed E-state index contributed by atoms with van der Waals surface area (Å²) in [5, 5.41) is 2.73. The maximum absolute atomic E-state index is 13.2. The number of ether oxygens (including phenoxy) is 1. The van der Waals surface area contributed by atoms with Crippen molar-refractivity contribution in [3.8, 4) is 5.75 Å². The van der Waals surface area contributed by atoms with Gasteiger partial charge in [-0.15, -0.1) is 0 Å². The number of hydrogen-bond acceptors (Lipinski definition) is 2. The first-order valence-electron chi connectivity index (χ1n) is 5.38. The van der Waals surface area contributed by atoms with Crippen LogP contribution in [0.4, 0.5) is 4.39 Å². The van der Waals surface area contributed by atoms with Crippen LogP contribution in [0.25, 0.3) is 0 Å². The van der Waals surface area contributed by atoms with Gasteiger partial charge in [0.15, 0.2) is 0 Å². The van der Waals surface area contributed by atoms with Gasteiger partial charge in [0.25, 0.3) is 0 Å². The maximum atomic E-state index is 13.2. The molecule has 0 bridgehead atoms. The number of nitrogens with one attached hydrogen (secondary N) is 1. The van der Waals surface area contributed by atoms with Crippen molar-refractivity contribution in [2.24, 2.45) is 0 Å². The molecule has 0 saturated heterocycles. The Kier molecular flexibility index (Phi) is 4.69. The monoisotopic (exact) mass is 237 g/mol. The van der Waals surface area contributed by atoms with Crippen LogP contribution in [-0.2, 0) is 4.79 Å². The number of carbonyl (C=O) groups is 1. The zero-order valence-electron chi connectivity index (χ0n) is 10.00. The van der Waals surface area contributed by atoms with Crippen molar-refractivity contribution in [2.45, 2.75) is 19.4 Å². The van der Waals surface area contributed by atoms with Gasteiger partial charge in [0.2, 0.25) is 5.91 Å². The lowest BCUT2D eigenvalue weighted by Gasteiger charge is -2.19. The normalized spacial score (nSPS) is 11.7. The van der Waals surface area contributed by atoms with E-state index in [1.54, 1.807) is 6.07 Å². The zero-order chi connectivity index (χ0) is 12.8. The minimum Gasteiger partial charge on any atom is -0.496 e. The SMILES string of the molecule is C=CC(=O)NC(CC)c1cc(F)ccc1OC. The minimum atomic E-state index is -0.355. The first kappa shape index (κ1) is 13.2. The minimum absolute atomic E-state index is 0.286. The van der Waals surface area contributed by atoms with Crippen LogP contribution >= 0.6 is 0 Å². The average Bonchev–Trinajstić information content (AvgIpc) is 2.35. The van der Waals surface area contributed by atoms with E-state index < -0.39 is 0 Å². The van der Waals surface area contributed by atoms with Gasteiger partial charge in [-0.2, -0.15) is 0 Å². The molecule has 0 radical (unpaired) electrons. The smallest absolute Gasteiger partial charge is 0.243 e. The summed E-state index contributed by atoms with van der Waals surface area (Å²) in [6.07, 6.45) is 1.83. The largest absolute Gasteiger partial charge is 0.496 e. The predicted octanol–water partition coefficient (Wildman–Crippen LogP) is 2.59. The van der Waals surface area contributed by atoms with E-state index in [0.29, 0.717) is 17.7 Å². The lowest BCUT2D eigenvalue weighted by atomic mass is 10.0. The van der Waals surface area contributed by atoms with Crippen molar-refractivity contribution in [2.75, 3.05) is 7.11 Å². The molecule has 1 N–H and O–H groups in total. The van der Waals surface area contributed by atoms with Crippen LogP contribution < -0.4 is 10.1 Å². The van der Waals surface area contributed by atoms with Gasteiger partial charge in [0, 0.05) is 5.56 Å². The summed E-state index contributed by atoms with van der Waals surface area (Å²) in [6, 6.07) is 3.96. The molecule has 0 aliphatic heterocycles. The Labute approximate surface area is 100 Å². The van der Waals surface area contributed by atoms with Gasteiger partial charge in [-0.05, 0) is 30.7 Å². The number of amides is 1. The fourth-order valence-corrected chi connectivity index (χ4v) is 1.61. The number of carbonyl (C=O) groups excluding carboxylic acids is 1. The van der Waals surface area contributed by atoms with Gasteiger partial charge in [0.1, 0.15) is 11.6 Å². The second-order valence-corrected chi connectivity index (χ2v) is 3.56. The van der Waals surface area contributed by atoms with Crippen LogP contribution in [0.2, 0.25) is 0 Å². The van der Waals surface area contributed by atoms with Crippen molar-refractivity contribution in [1.29, 1.82) is 0 Å². The highest BCUT2D eigenvalue weighted by Gasteiger charge is 2.16. The first-order chi connectivity index (χ1) is 8.12. The Morgan fingerprint density at radius 1 is 1.65 bits per heavy atom. The summed E-state index contributed by atoms with van der Waals surface area (Å²) in [7, 11) is 1.51. The Morgan fingerprint density at radius 2 is 2.35 bits per heavy atom. The van der Waals surface area contributed by atoms with Crippen LogP contribution in [0.5, 0.6) is 5.75 Å². The predicted molar refractivity (Wildman–Crippen MR) is 64.3 cm³/mol. The zero-order valence-corrected chi connectivity index (χ0v) is 10.00. The average molecular weight is 237 g/mol. The van der Waals surface area contributed by atoms with E-state index in [-0.39, 0.29) is 17.8 Å². The Hall–Kier alpha value is -1.84. The Bertz CT molecular complexity index is 418. The van der Waals surface area contributed by atoms with Crippen LogP contribution in [0.15, 0.2) is 30.9 Å². The van der Waals surface area contributed by atoms with Gasteiger partial charge in [-0.25, -0.2) is 4.39 Å². The molecule has 1 unspecified atom stereocenters. The molecule has 92 valence electrons. The molecule has 1 rings (SSSR count). The quantitative estimate of drug-likeness (QED) is 0.799. The standard InChI is InChI=1S/C13H16FNO2/c1-4-11(15-13(16)5-2)10-8-9(14)6-7-12(10)17-3/h5-8,11H,2,4H2,1,3H3,(H,15,16). The third-order valence-electron chi connectivity index (χ3n) is 2.48. The highest BCUT2D eigenvalue weighted by atomic mass is 19.1. The molecule has 1 aromatic carbocycles. The Balaban J connectivity index is 3.05. The summed E-state index contributed by atoms with van der Waals surface area (Å²) in [6.45, 7) is 5.29. The van der Waals surface area contributed by atoms with Gasteiger partial charge in [-0.3, -0.25) is 4.79 Å². The van der Waals surface area contributed by atoms with E-state index in [0.717, 1.165) is 0 Å². The van der Waals surface area contributed by atoms with Crippen molar-refractivity contribution >= 4 is 5.91 Å². The highest BCUT2D eigenvalue weighted by molar-refractivity contribution is 5.87. The molecule has 0 aliphatic carbocycles. The molecule has 0 fully saturated rings. The molecule has 0 saturated carbocycles. The van der Waals surface area contributed by atoms with Crippen molar-refractivity contribution in [3.05, 3.63) is 42.2 Å². The van der Waals surface area contributed by atoms with E-state index in [1.807, 2.05) is 6.92 Å². The summed E-state index contributed by atoms with van der Waals surface area (Å²) in [5.74, 6) is -0.0853. The summed E-state index contributed by atoms with van der Waals surface area (Å²) < 4.78 is 18.4. The summed E-state index contributed by atoms with van der Waals surface area (Å²) in [4.78, 5) is 11.3. The van der Waals surface area contributed by atoms with Crippen LogP contribution in [0.3, 0.4) is 0 Å². The lowest BCUT2D eigenvalue weighted by molar-refractivity contribution is -0.117. The molecule has 1 atom stereocenters. The highest BCUT2D eigenvalue weighted by Crippen LogP contribution is 2.27. The van der Waals surface area contributed by atoms with Gasteiger partial charge in [-0.1, -0.05) is 13.5 Å². The number of hydrogen-bond donors (Lipinski definition) is 1. The third kappa shape index (κ3) is 3.31. The second kappa shape index (κ2) is 6.03. The molecular weight excluding hydrogens is 221 g/mol. The van der Waals surface area contributed by atoms with Gasteiger partial charge >= 0.3 is 0 Å². The fraction of sp³-hybridized carbons (Fsp3) is 0.308. The van der Waals surface area contributed by atoms with E-state index >= 15 is 0 Å². The molecule has 0 heterocycles. The number of rotatable bonds is 5. The molecule has 3 nitrogen and oxygen atoms in total. The molecule has 4 heteroatoms. The van der Waals surface area contributed by atoms with Gasteiger partial charge < -0.3 is 10.1 Å². The molecule has 0 aromatic heterocycles. The second-order valence-electron chi connectivity index (χ2n) is 3.56. The van der Waals surface area contributed by atoms with Crippen LogP contribution in [-0.4, -0.2) is 13.0 Å². The van der Waals surface area contributed by atoms with Crippen molar-refractivity contribution < 1.29 is 13.9 Å². The molecular formula is C13H16FNO2. The number of benzene rings is 1. The van der Waals surface area contributed by atoms with E-state index in [4.69, 9.17) is 4.74 Å². The molecule has 1 aromatic rings. The van der Waals surface area contributed by atoms with E-state index in [1.165, 1.54) is 25.3 Å². The third-order valence-corrected chi connectivity index (χ3v) is 2.48. The van der Waals surface area contributed by atoms with Crippen molar-refractivity contribution in [1.82, 2.24) is 5.32 Å². The summed E-state index contributed by atoms with van der Waals surface area (Å²) in [5.41, 5.74) is 0.630. The topological polar surface area (TPSA) is 38.3 Å². The number of methoxy groups -OCH3 is 1. The molecule has 17 heavy (non-hydrogen) atoms. The fourth-order valence-electron chi connectivity index (χ4n) is 1.61. The number of halogens is 1. The molecule has 0 spiro atoms. The van der Waals surface area contributed by atoms with E-state index in [9.17, 15) is 9.18 Å². The molecule has 0 aliphatic rings. The van der Waals surface area contributed by atoms with Crippen molar-refractivity contribution in [3.63, 3.8) is 0 Å². The summed E-state index contributed by atoms with van der Waals surface area (Å²) >= 11 is 0. The Morgan fingerprint density at radius 3 is 2.88 bits per heavy atom. The lowest BCUT2D eigenvalue weighted by Crippen LogP contribution is -2.26. The maximum Gasteiger partial charge on any atom is 0.243 e. The van der Waals surface area contributed by atoms with E-state index in [2.05, 4.69) is 11.9 Å². The van der Waals surface area contributed by atoms with Crippen LogP contribution in [0, 0.1) is 5.82 Å². The molecule has 1 amide bonds. The van der Waals surface area contributed by atoms with Crippen LogP contribution in [0.1, 0.15) is 24.9 Å². The first-order valence-corrected chi connectivity index (χ1v) is 5.38.